The number of halogens is 2. The Morgan fingerprint density at radius 2 is 1.75 bits per heavy atom. The summed E-state index contributed by atoms with van der Waals surface area (Å²) in [5, 5.41) is 16.1. The predicted octanol–water partition coefficient (Wildman–Crippen LogP) is 3.27. The molecule has 0 fully saturated rings. The van der Waals surface area contributed by atoms with E-state index in [1.165, 1.54) is 6.07 Å². The second kappa shape index (κ2) is 7.76. The zero-order chi connectivity index (χ0) is 17.7. The fourth-order valence-electron chi connectivity index (χ4n) is 1.80. The van der Waals surface area contributed by atoms with E-state index in [0.29, 0.717) is 10.7 Å². The van der Waals surface area contributed by atoms with E-state index in [9.17, 15) is 19.7 Å². The molecule has 0 aromatic heterocycles. The Balaban J connectivity index is 1.94. The number of rotatable bonds is 5. The van der Waals surface area contributed by atoms with Crippen LogP contribution in [0.1, 0.15) is 10.4 Å². The molecule has 2 rings (SSSR count). The van der Waals surface area contributed by atoms with Crippen LogP contribution < -0.4 is 10.6 Å². The topological polar surface area (TPSA) is 101 Å². The van der Waals surface area contributed by atoms with Gasteiger partial charge in [-0.15, -0.1) is 0 Å². The second-order valence-electron chi connectivity index (χ2n) is 4.66. The number of anilines is 1. The van der Waals surface area contributed by atoms with Crippen LogP contribution in [-0.4, -0.2) is 23.3 Å². The van der Waals surface area contributed by atoms with Crippen LogP contribution in [0.25, 0.3) is 0 Å². The molecule has 2 N–H and O–H groups in total. The molecule has 0 heterocycles. The van der Waals surface area contributed by atoms with Gasteiger partial charge < -0.3 is 10.6 Å². The highest BCUT2D eigenvalue weighted by molar-refractivity contribution is 6.34. The van der Waals surface area contributed by atoms with Gasteiger partial charge in [0.1, 0.15) is 0 Å². The highest BCUT2D eigenvalue weighted by atomic mass is 35.5. The minimum atomic E-state index is -0.618. The molecule has 0 saturated heterocycles. The quantitative estimate of drug-likeness (QED) is 0.625. The van der Waals surface area contributed by atoms with E-state index in [-0.39, 0.29) is 22.8 Å². The van der Waals surface area contributed by atoms with Crippen molar-refractivity contribution < 1.29 is 14.5 Å². The summed E-state index contributed by atoms with van der Waals surface area (Å²) < 4.78 is 0. The number of non-ortho nitro benzene ring substituents is 1. The molecule has 2 aromatic rings. The number of nitrogens with zero attached hydrogens (tertiary/aromatic N) is 1. The van der Waals surface area contributed by atoms with Crippen LogP contribution in [0.2, 0.25) is 10.0 Å². The number of carbonyl (C=O) groups excluding carboxylic acids is 2. The van der Waals surface area contributed by atoms with Crippen LogP contribution in [0.3, 0.4) is 0 Å². The molecule has 0 aliphatic rings. The van der Waals surface area contributed by atoms with E-state index in [0.717, 1.165) is 12.1 Å². The second-order valence-corrected chi connectivity index (χ2v) is 5.50. The average molecular weight is 368 g/mol. The van der Waals surface area contributed by atoms with Gasteiger partial charge in [-0.3, -0.25) is 19.7 Å². The number of hydrogen-bond donors (Lipinski definition) is 2. The Bertz CT molecular complexity index is 794. The zero-order valence-corrected chi connectivity index (χ0v) is 13.6. The highest BCUT2D eigenvalue weighted by Gasteiger charge is 2.15. The maximum atomic E-state index is 12.0. The van der Waals surface area contributed by atoms with Gasteiger partial charge in [-0.05, 0) is 30.3 Å². The van der Waals surface area contributed by atoms with Crippen molar-refractivity contribution in [3.05, 3.63) is 68.2 Å². The van der Waals surface area contributed by atoms with Crippen molar-refractivity contribution in [2.45, 2.75) is 0 Å². The lowest BCUT2D eigenvalue weighted by Gasteiger charge is -2.08. The van der Waals surface area contributed by atoms with Crippen molar-refractivity contribution in [1.82, 2.24) is 5.32 Å². The molecule has 0 aliphatic heterocycles. The van der Waals surface area contributed by atoms with Crippen molar-refractivity contribution in [2.75, 3.05) is 11.9 Å². The molecule has 0 saturated carbocycles. The summed E-state index contributed by atoms with van der Waals surface area (Å²) in [5.41, 5.74) is 0.352. The molecular formula is C15H11Cl2N3O4. The Kier molecular flexibility index (Phi) is 5.73. The molecular weight excluding hydrogens is 357 g/mol. The van der Waals surface area contributed by atoms with Crippen molar-refractivity contribution in [3.8, 4) is 0 Å². The Morgan fingerprint density at radius 1 is 1.08 bits per heavy atom. The lowest BCUT2D eigenvalue weighted by atomic mass is 10.2. The number of benzene rings is 2. The number of hydrogen-bond acceptors (Lipinski definition) is 4. The predicted molar refractivity (Wildman–Crippen MR) is 90.5 cm³/mol. The fourth-order valence-corrected chi connectivity index (χ4v) is 2.18. The number of amides is 2. The number of nitro groups is 1. The maximum Gasteiger partial charge on any atom is 0.270 e. The normalized spacial score (nSPS) is 10.1. The van der Waals surface area contributed by atoms with Crippen LogP contribution in [0.4, 0.5) is 11.4 Å². The minimum absolute atomic E-state index is 0.0431. The summed E-state index contributed by atoms with van der Waals surface area (Å²) in [6.45, 7) is -0.283. The Labute approximate surface area is 146 Å². The molecule has 0 radical (unpaired) electrons. The molecule has 9 heteroatoms. The summed E-state index contributed by atoms with van der Waals surface area (Å²) in [5.74, 6) is -1.05. The summed E-state index contributed by atoms with van der Waals surface area (Å²) in [6.07, 6.45) is 0. The van der Waals surface area contributed by atoms with E-state index >= 15 is 0 Å². The average Bonchev–Trinajstić information content (AvgIpc) is 2.54. The lowest BCUT2D eigenvalue weighted by Crippen LogP contribution is -2.33. The molecule has 7 nitrogen and oxygen atoms in total. The van der Waals surface area contributed by atoms with E-state index in [1.54, 1.807) is 24.3 Å². The SMILES string of the molecule is O=C(CNC(=O)c1ccc([N+](=O)[O-])cc1Cl)Nc1ccc(Cl)cc1. The monoisotopic (exact) mass is 367 g/mol. The third-order valence-electron chi connectivity index (χ3n) is 2.95. The summed E-state index contributed by atoms with van der Waals surface area (Å²) in [6, 6.07) is 9.94. The van der Waals surface area contributed by atoms with E-state index in [2.05, 4.69) is 10.6 Å². The van der Waals surface area contributed by atoms with Gasteiger partial charge in [0, 0.05) is 22.8 Å². The fraction of sp³-hybridized carbons (Fsp3) is 0.0667. The molecule has 0 spiro atoms. The van der Waals surface area contributed by atoms with Gasteiger partial charge in [0.25, 0.3) is 11.6 Å². The lowest BCUT2D eigenvalue weighted by molar-refractivity contribution is -0.384. The van der Waals surface area contributed by atoms with Gasteiger partial charge in [-0.25, -0.2) is 0 Å². The standard InChI is InChI=1S/C15H11Cl2N3O4/c16-9-1-3-10(4-2-9)19-14(21)8-18-15(22)12-6-5-11(20(23)24)7-13(12)17/h1-7H,8H2,(H,18,22)(H,19,21). The Morgan fingerprint density at radius 3 is 2.33 bits per heavy atom. The molecule has 0 atom stereocenters. The van der Waals surface area contributed by atoms with E-state index in [4.69, 9.17) is 23.2 Å². The highest BCUT2D eigenvalue weighted by Crippen LogP contribution is 2.22. The number of nitro benzene ring substituents is 1. The largest absolute Gasteiger partial charge is 0.343 e. The first kappa shape index (κ1) is 17.7. The number of carbonyl (C=O) groups is 2. The van der Waals surface area contributed by atoms with Gasteiger partial charge >= 0.3 is 0 Å². The molecule has 2 aromatic carbocycles. The van der Waals surface area contributed by atoms with Gasteiger partial charge in [-0.2, -0.15) is 0 Å². The molecule has 0 aliphatic carbocycles. The molecule has 124 valence electrons. The molecule has 0 unspecified atom stereocenters. The first-order valence-electron chi connectivity index (χ1n) is 6.64. The smallest absolute Gasteiger partial charge is 0.270 e. The number of nitrogens with one attached hydrogen (secondary N) is 2. The zero-order valence-electron chi connectivity index (χ0n) is 12.1. The molecule has 2 amide bonds. The Hall–Kier alpha value is -2.64. The van der Waals surface area contributed by atoms with Crippen LogP contribution in [0.5, 0.6) is 0 Å². The molecule has 24 heavy (non-hydrogen) atoms. The van der Waals surface area contributed by atoms with Crippen LogP contribution >= 0.6 is 23.2 Å². The third-order valence-corrected chi connectivity index (χ3v) is 3.51. The first-order chi connectivity index (χ1) is 11.4. The van der Waals surface area contributed by atoms with Gasteiger partial charge in [-0.1, -0.05) is 23.2 Å². The van der Waals surface area contributed by atoms with Crippen molar-refractivity contribution in [2.24, 2.45) is 0 Å². The maximum absolute atomic E-state index is 12.0. The van der Waals surface area contributed by atoms with Crippen molar-refractivity contribution in [1.29, 1.82) is 0 Å². The van der Waals surface area contributed by atoms with Crippen molar-refractivity contribution >= 4 is 46.4 Å². The van der Waals surface area contributed by atoms with Crippen molar-refractivity contribution in [3.63, 3.8) is 0 Å². The molecule has 0 bridgehead atoms. The first-order valence-corrected chi connectivity index (χ1v) is 7.40. The van der Waals surface area contributed by atoms with Crippen LogP contribution in [0.15, 0.2) is 42.5 Å². The van der Waals surface area contributed by atoms with Gasteiger partial charge in [0.05, 0.1) is 22.1 Å². The van der Waals surface area contributed by atoms with Crippen LogP contribution in [0, 0.1) is 10.1 Å². The van der Waals surface area contributed by atoms with Crippen LogP contribution in [-0.2, 0) is 4.79 Å². The van der Waals surface area contributed by atoms with Gasteiger partial charge in [0.2, 0.25) is 5.91 Å². The van der Waals surface area contributed by atoms with E-state index in [1.807, 2.05) is 0 Å². The minimum Gasteiger partial charge on any atom is -0.343 e. The summed E-state index contributed by atoms with van der Waals surface area (Å²) in [4.78, 5) is 33.8. The van der Waals surface area contributed by atoms with E-state index < -0.39 is 16.7 Å². The summed E-state index contributed by atoms with van der Waals surface area (Å²) >= 11 is 11.6. The third kappa shape index (κ3) is 4.68. The van der Waals surface area contributed by atoms with Gasteiger partial charge in [0.15, 0.2) is 0 Å². The summed E-state index contributed by atoms with van der Waals surface area (Å²) in [7, 11) is 0.